The highest BCUT2D eigenvalue weighted by Crippen LogP contribution is 2.33. The maximum atomic E-state index is 12.0. The van der Waals surface area contributed by atoms with Crippen molar-refractivity contribution in [2.24, 2.45) is 5.73 Å². The first-order chi connectivity index (χ1) is 13.1. The summed E-state index contributed by atoms with van der Waals surface area (Å²) in [6.45, 7) is -0.244. The van der Waals surface area contributed by atoms with Crippen molar-refractivity contribution in [2.45, 2.75) is 25.7 Å². The van der Waals surface area contributed by atoms with E-state index in [1.165, 1.54) is 11.6 Å². The van der Waals surface area contributed by atoms with Gasteiger partial charge in [-0.05, 0) is 55.7 Å². The van der Waals surface area contributed by atoms with Crippen molar-refractivity contribution >= 4 is 22.8 Å². The number of furan rings is 1. The maximum absolute atomic E-state index is 12.0. The molecule has 1 heterocycles. The van der Waals surface area contributed by atoms with E-state index in [2.05, 4.69) is 0 Å². The number of carbonyl (C=O) groups is 2. The molecule has 1 aliphatic carbocycles. The summed E-state index contributed by atoms with van der Waals surface area (Å²) in [6, 6.07) is 11.7. The van der Waals surface area contributed by atoms with Crippen LogP contribution in [0.15, 0.2) is 46.9 Å². The second kappa shape index (κ2) is 7.15. The lowest BCUT2D eigenvalue weighted by atomic mass is 9.96. The zero-order chi connectivity index (χ0) is 18.8. The zero-order valence-corrected chi connectivity index (χ0v) is 14.7. The van der Waals surface area contributed by atoms with Crippen molar-refractivity contribution in [3.63, 3.8) is 0 Å². The SMILES string of the molecule is NC(=O)c1cccc(OC(=O)COc2ccc3oc4c(c3c2)CCCC4)c1. The first-order valence-electron chi connectivity index (χ1n) is 8.88. The number of ether oxygens (including phenoxy) is 2. The van der Waals surface area contributed by atoms with E-state index in [1.807, 2.05) is 12.1 Å². The van der Waals surface area contributed by atoms with Gasteiger partial charge in [0.05, 0.1) is 0 Å². The summed E-state index contributed by atoms with van der Waals surface area (Å²) in [5.74, 6) is 0.743. The van der Waals surface area contributed by atoms with Crippen LogP contribution in [0.5, 0.6) is 11.5 Å². The van der Waals surface area contributed by atoms with Crippen LogP contribution in [-0.4, -0.2) is 18.5 Å². The topological polar surface area (TPSA) is 91.8 Å². The first kappa shape index (κ1) is 17.1. The fourth-order valence-corrected chi connectivity index (χ4v) is 3.35. The lowest BCUT2D eigenvalue weighted by molar-refractivity contribution is -0.136. The lowest BCUT2D eigenvalue weighted by Crippen LogP contribution is -2.18. The molecule has 0 bridgehead atoms. The highest BCUT2D eigenvalue weighted by Gasteiger charge is 2.18. The van der Waals surface area contributed by atoms with E-state index in [-0.39, 0.29) is 17.9 Å². The molecule has 0 saturated heterocycles. The number of hydrogen-bond acceptors (Lipinski definition) is 5. The third-order valence-electron chi connectivity index (χ3n) is 4.63. The maximum Gasteiger partial charge on any atom is 0.349 e. The number of aryl methyl sites for hydroxylation is 2. The molecule has 0 radical (unpaired) electrons. The Morgan fingerprint density at radius 3 is 2.74 bits per heavy atom. The van der Waals surface area contributed by atoms with Crippen LogP contribution in [0.4, 0.5) is 0 Å². The highest BCUT2D eigenvalue weighted by molar-refractivity contribution is 5.93. The van der Waals surface area contributed by atoms with Crippen LogP contribution in [0.3, 0.4) is 0 Å². The molecule has 3 aromatic rings. The molecule has 0 fully saturated rings. The van der Waals surface area contributed by atoms with Crippen LogP contribution >= 0.6 is 0 Å². The van der Waals surface area contributed by atoms with Crippen molar-refractivity contribution in [3.8, 4) is 11.5 Å². The number of rotatable bonds is 5. The number of carbonyl (C=O) groups excluding carboxylic acids is 2. The van der Waals surface area contributed by atoms with E-state index in [4.69, 9.17) is 19.6 Å². The minimum Gasteiger partial charge on any atom is -0.482 e. The summed E-state index contributed by atoms with van der Waals surface area (Å²) >= 11 is 0. The molecule has 0 unspecified atom stereocenters. The minimum atomic E-state index is -0.583. The molecule has 1 aromatic heterocycles. The van der Waals surface area contributed by atoms with Gasteiger partial charge < -0.3 is 19.6 Å². The van der Waals surface area contributed by atoms with Crippen LogP contribution in [0.2, 0.25) is 0 Å². The van der Waals surface area contributed by atoms with Crippen LogP contribution in [0, 0.1) is 0 Å². The van der Waals surface area contributed by atoms with Gasteiger partial charge >= 0.3 is 5.97 Å². The van der Waals surface area contributed by atoms with E-state index in [0.717, 1.165) is 42.4 Å². The largest absolute Gasteiger partial charge is 0.482 e. The number of nitrogens with two attached hydrogens (primary N) is 1. The monoisotopic (exact) mass is 365 g/mol. The van der Waals surface area contributed by atoms with Crippen molar-refractivity contribution in [3.05, 3.63) is 59.4 Å². The summed E-state index contributed by atoms with van der Waals surface area (Å²) in [5.41, 5.74) is 7.59. The molecule has 0 atom stereocenters. The molecule has 1 amide bonds. The van der Waals surface area contributed by atoms with E-state index in [1.54, 1.807) is 24.3 Å². The van der Waals surface area contributed by atoms with Gasteiger partial charge in [0, 0.05) is 22.9 Å². The summed E-state index contributed by atoms with van der Waals surface area (Å²) < 4.78 is 16.7. The summed E-state index contributed by atoms with van der Waals surface area (Å²) in [5, 5.41) is 1.05. The number of benzene rings is 2. The Hall–Kier alpha value is -3.28. The normalized spacial score (nSPS) is 13.2. The molecule has 0 aliphatic heterocycles. The van der Waals surface area contributed by atoms with Gasteiger partial charge in [-0.25, -0.2) is 4.79 Å². The zero-order valence-electron chi connectivity index (χ0n) is 14.7. The van der Waals surface area contributed by atoms with Gasteiger partial charge in [0.1, 0.15) is 22.8 Å². The third kappa shape index (κ3) is 3.65. The molecule has 6 heteroatoms. The molecule has 4 rings (SSSR count). The molecule has 6 nitrogen and oxygen atoms in total. The van der Waals surface area contributed by atoms with E-state index >= 15 is 0 Å². The fourth-order valence-electron chi connectivity index (χ4n) is 3.35. The van der Waals surface area contributed by atoms with Gasteiger partial charge in [0.2, 0.25) is 5.91 Å². The second-order valence-electron chi connectivity index (χ2n) is 6.52. The highest BCUT2D eigenvalue weighted by atomic mass is 16.6. The Morgan fingerprint density at radius 2 is 1.89 bits per heavy atom. The molecular formula is C21H19NO5. The molecule has 2 N–H and O–H groups in total. The predicted molar refractivity (Wildman–Crippen MR) is 98.9 cm³/mol. The van der Waals surface area contributed by atoms with Crippen molar-refractivity contribution in [1.29, 1.82) is 0 Å². The van der Waals surface area contributed by atoms with Gasteiger partial charge in [0.15, 0.2) is 6.61 Å². The van der Waals surface area contributed by atoms with E-state index in [9.17, 15) is 9.59 Å². The Morgan fingerprint density at radius 1 is 1.04 bits per heavy atom. The predicted octanol–water partition coefficient (Wildman–Crippen LogP) is 3.39. The average Bonchev–Trinajstić information content (AvgIpc) is 3.04. The average molecular weight is 365 g/mol. The quantitative estimate of drug-likeness (QED) is 0.553. The van der Waals surface area contributed by atoms with Crippen molar-refractivity contribution in [2.75, 3.05) is 6.61 Å². The van der Waals surface area contributed by atoms with Gasteiger partial charge in [-0.3, -0.25) is 4.79 Å². The number of hydrogen-bond donors (Lipinski definition) is 1. The minimum absolute atomic E-state index is 0.244. The molecule has 27 heavy (non-hydrogen) atoms. The van der Waals surface area contributed by atoms with Crippen LogP contribution in [0.1, 0.15) is 34.5 Å². The molecule has 138 valence electrons. The first-order valence-corrected chi connectivity index (χ1v) is 8.88. The molecular weight excluding hydrogens is 346 g/mol. The number of fused-ring (bicyclic) bond motifs is 3. The van der Waals surface area contributed by atoms with Gasteiger partial charge in [0.25, 0.3) is 0 Å². The number of primary amides is 1. The summed E-state index contributed by atoms with van der Waals surface area (Å²) in [4.78, 5) is 23.2. The van der Waals surface area contributed by atoms with E-state index < -0.39 is 11.9 Å². The van der Waals surface area contributed by atoms with Crippen molar-refractivity contribution < 1.29 is 23.5 Å². The van der Waals surface area contributed by atoms with Crippen molar-refractivity contribution in [1.82, 2.24) is 0 Å². The second-order valence-corrected chi connectivity index (χ2v) is 6.52. The smallest absolute Gasteiger partial charge is 0.349 e. The van der Waals surface area contributed by atoms with E-state index in [0.29, 0.717) is 5.75 Å². The lowest BCUT2D eigenvalue weighted by Gasteiger charge is -2.09. The Balaban J connectivity index is 1.43. The van der Waals surface area contributed by atoms with Gasteiger partial charge in [-0.15, -0.1) is 0 Å². The molecule has 0 spiro atoms. The molecule has 2 aromatic carbocycles. The number of amides is 1. The third-order valence-corrected chi connectivity index (χ3v) is 4.63. The van der Waals surface area contributed by atoms with Crippen LogP contribution in [-0.2, 0) is 17.6 Å². The number of esters is 1. The Labute approximate surface area is 155 Å². The summed E-state index contributed by atoms with van der Waals surface area (Å²) in [6.07, 6.45) is 4.28. The molecule has 0 saturated carbocycles. The Kier molecular flexibility index (Phi) is 4.54. The molecule has 1 aliphatic rings. The van der Waals surface area contributed by atoms with Crippen LogP contribution < -0.4 is 15.2 Å². The van der Waals surface area contributed by atoms with Gasteiger partial charge in [-0.2, -0.15) is 0 Å². The van der Waals surface area contributed by atoms with Gasteiger partial charge in [-0.1, -0.05) is 6.07 Å². The van der Waals surface area contributed by atoms with Crippen LogP contribution in [0.25, 0.3) is 11.0 Å². The summed E-state index contributed by atoms with van der Waals surface area (Å²) in [7, 11) is 0. The Bertz CT molecular complexity index is 1020. The standard InChI is InChI=1S/C21H19NO5/c22-21(24)13-4-3-5-15(10-13)26-20(23)12-25-14-8-9-19-17(11-14)16-6-1-2-7-18(16)27-19/h3-5,8-11H,1-2,6-7,12H2,(H2,22,24). The fraction of sp³-hybridized carbons (Fsp3) is 0.238.